The van der Waals surface area contributed by atoms with Crippen LogP contribution in [0, 0.1) is 6.92 Å². The molecule has 0 unspecified atom stereocenters. The molecule has 0 spiro atoms. The van der Waals surface area contributed by atoms with Crippen molar-refractivity contribution >= 4 is 7.32 Å². The number of aryl methyl sites for hydroxylation is 1. The Bertz CT molecular complexity index is 788. The average molecular weight is 336 g/mol. The summed E-state index contributed by atoms with van der Waals surface area (Å²) in [5.41, 5.74) is 1.09. The van der Waals surface area contributed by atoms with Gasteiger partial charge in [-0.1, -0.05) is 42.0 Å². The van der Waals surface area contributed by atoms with E-state index in [4.69, 9.17) is 14.0 Å². The lowest BCUT2D eigenvalue weighted by Gasteiger charge is -2.17. The fraction of sp³-hybridized carbons (Fsp3) is 0.0526. The Kier molecular flexibility index (Phi) is 4.99. The van der Waals surface area contributed by atoms with Crippen LogP contribution >= 0.6 is 0 Å². The number of para-hydroxylation sites is 4. The van der Waals surface area contributed by atoms with Gasteiger partial charge in [-0.2, -0.15) is 0 Å². The van der Waals surface area contributed by atoms with Gasteiger partial charge in [0.05, 0.1) is 0 Å². The molecule has 25 heavy (non-hydrogen) atoms. The quantitative estimate of drug-likeness (QED) is 0.668. The first kappa shape index (κ1) is 16.6. The summed E-state index contributed by atoms with van der Waals surface area (Å²) in [7, 11) is -1.20. The van der Waals surface area contributed by atoms with E-state index in [1.165, 1.54) is 12.1 Å². The van der Waals surface area contributed by atoms with Crippen molar-refractivity contribution in [1.29, 1.82) is 0 Å². The molecular weight excluding hydrogens is 319 g/mol. The molecule has 0 saturated carbocycles. The first-order valence-electron chi connectivity index (χ1n) is 7.74. The first-order chi connectivity index (χ1) is 12.1. The van der Waals surface area contributed by atoms with E-state index in [-0.39, 0.29) is 23.0 Å². The summed E-state index contributed by atoms with van der Waals surface area (Å²) in [6.45, 7) is 1.97. The Hall–Kier alpha value is -3.28. The van der Waals surface area contributed by atoms with Gasteiger partial charge in [0.1, 0.15) is 17.2 Å². The number of hydrogen-bond donors (Lipinski definition) is 2. The van der Waals surface area contributed by atoms with Crippen LogP contribution in [-0.2, 0) is 0 Å². The molecule has 0 aliphatic rings. The Morgan fingerprint density at radius 2 is 1.12 bits per heavy atom. The van der Waals surface area contributed by atoms with Gasteiger partial charge in [0.25, 0.3) is 0 Å². The molecule has 0 radical (unpaired) electrons. The van der Waals surface area contributed by atoms with Gasteiger partial charge in [0.15, 0.2) is 11.5 Å². The number of hydrogen-bond acceptors (Lipinski definition) is 5. The van der Waals surface area contributed by atoms with E-state index in [0.29, 0.717) is 5.75 Å². The minimum atomic E-state index is -1.20. The van der Waals surface area contributed by atoms with Crippen molar-refractivity contribution in [2.24, 2.45) is 0 Å². The standard InChI is InChI=1S/C19H17BO5/c1-14-10-12-15(13-11-14)23-20(24-18-8-4-2-6-16(18)21)25-19-9-5-3-7-17(19)22/h2-13,21-22H,1H3. The van der Waals surface area contributed by atoms with Gasteiger partial charge in [-0.3, -0.25) is 0 Å². The summed E-state index contributed by atoms with van der Waals surface area (Å²) in [4.78, 5) is 0. The van der Waals surface area contributed by atoms with E-state index in [9.17, 15) is 10.2 Å². The van der Waals surface area contributed by atoms with Gasteiger partial charge in [-0.25, -0.2) is 0 Å². The monoisotopic (exact) mass is 336 g/mol. The van der Waals surface area contributed by atoms with Crippen LogP contribution in [0.15, 0.2) is 72.8 Å². The second kappa shape index (κ2) is 7.53. The van der Waals surface area contributed by atoms with Crippen molar-refractivity contribution < 1.29 is 24.2 Å². The molecule has 3 aromatic rings. The van der Waals surface area contributed by atoms with Crippen LogP contribution in [-0.4, -0.2) is 17.5 Å². The highest BCUT2D eigenvalue weighted by molar-refractivity contribution is 6.39. The van der Waals surface area contributed by atoms with Crippen LogP contribution in [0.5, 0.6) is 28.7 Å². The fourth-order valence-corrected chi connectivity index (χ4v) is 2.12. The van der Waals surface area contributed by atoms with Crippen LogP contribution in [0.25, 0.3) is 0 Å². The predicted octanol–water partition coefficient (Wildman–Crippen LogP) is 3.93. The van der Waals surface area contributed by atoms with E-state index in [1.807, 2.05) is 19.1 Å². The average Bonchev–Trinajstić information content (AvgIpc) is 2.61. The summed E-state index contributed by atoms with van der Waals surface area (Å²) < 4.78 is 17.0. The zero-order valence-electron chi connectivity index (χ0n) is 13.6. The molecule has 0 atom stereocenters. The highest BCUT2D eigenvalue weighted by atomic mass is 16.7. The van der Waals surface area contributed by atoms with E-state index in [0.717, 1.165) is 5.56 Å². The lowest BCUT2D eigenvalue weighted by atomic mass is 10.1. The number of rotatable bonds is 6. The predicted molar refractivity (Wildman–Crippen MR) is 95.0 cm³/mol. The molecule has 0 fully saturated rings. The SMILES string of the molecule is Cc1ccc(OB(Oc2ccccc2O)Oc2ccccc2O)cc1. The van der Waals surface area contributed by atoms with E-state index >= 15 is 0 Å². The maximum Gasteiger partial charge on any atom is 0.864 e. The Morgan fingerprint density at radius 1 is 0.640 bits per heavy atom. The van der Waals surface area contributed by atoms with Crippen LogP contribution in [0.3, 0.4) is 0 Å². The molecule has 0 aromatic heterocycles. The molecule has 3 rings (SSSR count). The molecule has 6 heteroatoms. The third-order valence-corrected chi connectivity index (χ3v) is 3.43. The molecule has 0 amide bonds. The number of benzene rings is 3. The topological polar surface area (TPSA) is 68.2 Å². The smallest absolute Gasteiger partial charge is 0.504 e. The molecule has 3 aromatic carbocycles. The minimum absolute atomic E-state index is 0.0408. The van der Waals surface area contributed by atoms with Gasteiger partial charge in [0.2, 0.25) is 0 Å². The van der Waals surface area contributed by atoms with Gasteiger partial charge in [-0.15, -0.1) is 0 Å². The summed E-state index contributed by atoms with van der Waals surface area (Å²) in [5, 5.41) is 19.8. The van der Waals surface area contributed by atoms with E-state index in [1.54, 1.807) is 48.5 Å². The highest BCUT2D eigenvalue weighted by Gasteiger charge is 2.32. The maximum atomic E-state index is 9.90. The second-order valence-corrected chi connectivity index (χ2v) is 5.39. The third-order valence-electron chi connectivity index (χ3n) is 3.43. The molecule has 2 N–H and O–H groups in total. The lowest BCUT2D eigenvalue weighted by Crippen LogP contribution is -2.37. The maximum absolute atomic E-state index is 9.90. The van der Waals surface area contributed by atoms with Gasteiger partial charge < -0.3 is 24.2 Å². The van der Waals surface area contributed by atoms with Crippen molar-refractivity contribution in [3.05, 3.63) is 78.4 Å². The van der Waals surface area contributed by atoms with Gasteiger partial charge in [-0.05, 0) is 43.3 Å². The van der Waals surface area contributed by atoms with E-state index < -0.39 is 7.32 Å². The Balaban J connectivity index is 1.83. The molecule has 0 aliphatic carbocycles. The van der Waals surface area contributed by atoms with E-state index in [2.05, 4.69) is 0 Å². The van der Waals surface area contributed by atoms with Gasteiger partial charge >= 0.3 is 7.32 Å². The summed E-state index contributed by atoms with van der Waals surface area (Å²) in [5.74, 6) is 0.855. The second-order valence-electron chi connectivity index (χ2n) is 5.39. The Labute approximate surface area is 146 Å². The number of aromatic hydroxyl groups is 2. The zero-order chi connectivity index (χ0) is 17.6. The Morgan fingerprint density at radius 3 is 1.60 bits per heavy atom. The van der Waals surface area contributed by atoms with Crippen molar-refractivity contribution in [3.8, 4) is 28.7 Å². The van der Waals surface area contributed by atoms with Crippen LogP contribution in [0.1, 0.15) is 5.56 Å². The molecule has 0 saturated heterocycles. The largest absolute Gasteiger partial charge is 0.864 e. The molecule has 126 valence electrons. The molecule has 0 aliphatic heterocycles. The van der Waals surface area contributed by atoms with Crippen LogP contribution < -0.4 is 14.0 Å². The summed E-state index contributed by atoms with van der Waals surface area (Å²) in [6.07, 6.45) is 0. The first-order valence-corrected chi connectivity index (χ1v) is 7.74. The molecule has 0 bridgehead atoms. The van der Waals surface area contributed by atoms with Crippen molar-refractivity contribution in [2.45, 2.75) is 6.92 Å². The third kappa shape index (κ3) is 4.38. The summed E-state index contributed by atoms with van der Waals surface area (Å²) >= 11 is 0. The molecule has 0 heterocycles. The minimum Gasteiger partial charge on any atom is -0.504 e. The lowest BCUT2D eigenvalue weighted by molar-refractivity contribution is 0.292. The molecular formula is C19H17BO5. The number of phenolic OH excluding ortho intramolecular Hbond substituents is 2. The van der Waals surface area contributed by atoms with Gasteiger partial charge in [0, 0.05) is 0 Å². The molecule has 5 nitrogen and oxygen atoms in total. The van der Waals surface area contributed by atoms with Crippen LogP contribution in [0.4, 0.5) is 0 Å². The number of phenols is 2. The highest BCUT2D eigenvalue weighted by Crippen LogP contribution is 2.29. The van der Waals surface area contributed by atoms with Crippen molar-refractivity contribution in [2.75, 3.05) is 0 Å². The normalized spacial score (nSPS) is 10.1. The summed E-state index contributed by atoms with van der Waals surface area (Å²) in [6, 6.07) is 20.3. The van der Waals surface area contributed by atoms with Crippen LogP contribution in [0.2, 0.25) is 0 Å². The van der Waals surface area contributed by atoms with Crippen molar-refractivity contribution in [1.82, 2.24) is 0 Å². The zero-order valence-corrected chi connectivity index (χ0v) is 13.6. The van der Waals surface area contributed by atoms with Crippen molar-refractivity contribution in [3.63, 3.8) is 0 Å². The fourth-order valence-electron chi connectivity index (χ4n) is 2.12.